The lowest BCUT2D eigenvalue weighted by Gasteiger charge is -2.44. The second-order valence-electron chi connectivity index (χ2n) is 4.69. The molecule has 1 aliphatic rings. The Morgan fingerprint density at radius 2 is 1.94 bits per heavy atom. The van der Waals surface area contributed by atoms with Crippen LogP contribution in [0.15, 0.2) is 24.8 Å². The van der Waals surface area contributed by atoms with Crippen molar-refractivity contribution >= 4 is 6.29 Å². The summed E-state index contributed by atoms with van der Waals surface area (Å²) in [4.78, 5) is 10.5. The van der Waals surface area contributed by atoms with Gasteiger partial charge in [-0.1, -0.05) is 19.2 Å². The first-order valence-corrected chi connectivity index (χ1v) is 5.49. The highest BCUT2D eigenvalue weighted by molar-refractivity contribution is 5.49. The minimum atomic E-state index is -0.549. The van der Waals surface area contributed by atoms with Gasteiger partial charge < -0.3 is 14.3 Å². The monoisotopic (exact) mass is 224 g/mol. The topological polar surface area (TPSA) is 35.5 Å². The zero-order valence-corrected chi connectivity index (χ0v) is 10.1. The molecule has 0 spiro atoms. The fraction of sp³-hybridized carbons (Fsp3) is 0.615. The summed E-state index contributed by atoms with van der Waals surface area (Å²) in [5, 5.41) is 0. The van der Waals surface area contributed by atoms with Gasteiger partial charge in [0.25, 0.3) is 0 Å². The molecule has 3 heteroatoms. The van der Waals surface area contributed by atoms with E-state index in [1.807, 2.05) is 13.8 Å². The van der Waals surface area contributed by atoms with Gasteiger partial charge in [0.2, 0.25) is 0 Å². The zero-order valence-electron chi connectivity index (χ0n) is 10.1. The highest BCUT2D eigenvalue weighted by Crippen LogP contribution is 2.39. The molecule has 0 bridgehead atoms. The summed E-state index contributed by atoms with van der Waals surface area (Å²) in [7, 11) is 0. The van der Waals surface area contributed by atoms with Crippen LogP contribution in [0.5, 0.6) is 0 Å². The third-order valence-corrected chi connectivity index (χ3v) is 3.06. The summed E-state index contributed by atoms with van der Waals surface area (Å²) < 4.78 is 11.3. The van der Waals surface area contributed by atoms with E-state index in [1.54, 1.807) is 6.08 Å². The number of ether oxygens (including phenoxy) is 2. The van der Waals surface area contributed by atoms with Crippen LogP contribution in [0.2, 0.25) is 0 Å². The number of rotatable bonds is 5. The molecule has 0 aliphatic carbocycles. The average molecular weight is 224 g/mol. The number of carbonyl (C=O) groups is 1. The highest BCUT2D eigenvalue weighted by atomic mass is 16.7. The molecule has 0 atom stereocenters. The maximum absolute atomic E-state index is 10.5. The lowest BCUT2D eigenvalue weighted by atomic mass is 9.77. The van der Waals surface area contributed by atoms with Crippen molar-refractivity contribution in [3.63, 3.8) is 0 Å². The maximum Gasteiger partial charge on any atom is 0.162 e. The Balaban J connectivity index is 2.77. The smallest absolute Gasteiger partial charge is 0.162 e. The largest absolute Gasteiger partial charge is 0.350 e. The predicted molar refractivity (Wildman–Crippen MR) is 63.1 cm³/mol. The van der Waals surface area contributed by atoms with Crippen molar-refractivity contribution in [1.82, 2.24) is 0 Å². The second-order valence-corrected chi connectivity index (χ2v) is 4.69. The average Bonchev–Trinajstić information content (AvgIpc) is 2.27. The van der Waals surface area contributed by atoms with Gasteiger partial charge in [-0.25, -0.2) is 0 Å². The molecule has 1 rings (SSSR count). The van der Waals surface area contributed by atoms with E-state index < -0.39 is 5.79 Å². The summed E-state index contributed by atoms with van der Waals surface area (Å²) in [6.45, 7) is 12.5. The van der Waals surface area contributed by atoms with E-state index in [2.05, 4.69) is 13.2 Å². The third-order valence-electron chi connectivity index (χ3n) is 3.06. The van der Waals surface area contributed by atoms with Crippen molar-refractivity contribution in [1.29, 1.82) is 0 Å². The molecule has 0 aromatic rings. The number of aldehydes is 1. The van der Waals surface area contributed by atoms with E-state index in [1.165, 1.54) is 0 Å². The molecular formula is C13H20O3. The van der Waals surface area contributed by atoms with Crippen LogP contribution in [-0.2, 0) is 14.3 Å². The van der Waals surface area contributed by atoms with Gasteiger partial charge in [-0.2, -0.15) is 0 Å². The van der Waals surface area contributed by atoms with Gasteiger partial charge in [0.15, 0.2) is 5.79 Å². The minimum Gasteiger partial charge on any atom is -0.350 e. The fourth-order valence-electron chi connectivity index (χ4n) is 1.75. The molecule has 1 aliphatic heterocycles. The first kappa shape index (κ1) is 13.1. The molecule has 0 unspecified atom stereocenters. The van der Waals surface area contributed by atoms with Crippen LogP contribution in [0, 0.1) is 5.41 Å². The number of hydrogen-bond acceptors (Lipinski definition) is 3. The summed E-state index contributed by atoms with van der Waals surface area (Å²) in [6, 6.07) is 0. The van der Waals surface area contributed by atoms with Gasteiger partial charge in [0, 0.05) is 11.8 Å². The van der Waals surface area contributed by atoms with Crippen LogP contribution < -0.4 is 0 Å². The van der Waals surface area contributed by atoms with Crippen molar-refractivity contribution in [3.05, 3.63) is 24.8 Å². The van der Waals surface area contributed by atoms with E-state index in [9.17, 15) is 4.79 Å². The Morgan fingerprint density at radius 3 is 2.38 bits per heavy atom. The number of allylic oxidation sites excluding steroid dienone is 1. The lowest BCUT2D eigenvalue weighted by molar-refractivity contribution is -0.278. The van der Waals surface area contributed by atoms with Gasteiger partial charge in [0.1, 0.15) is 6.29 Å². The molecule has 0 aromatic carbocycles. The van der Waals surface area contributed by atoms with Crippen molar-refractivity contribution in [2.45, 2.75) is 32.5 Å². The zero-order chi connectivity index (χ0) is 12.2. The van der Waals surface area contributed by atoms with Gasteiger partial charge in [-0.05, 0) is 25.8 Å². The van der Waals surface area contributed by atoms with Crippen molar-refractivity contribution in [3.8, 4) is 0 Å². The molecule has 3 nitrogen and oxygen atoms in total. The Hall–Kier alpha value is -0.930. The van der Waals surface area contributed by atoms with E-state index in [4.69, 9.17) is 9.47 Å². The SMILES string of the molecule is C=CC(=C)C1(CCC=O)COC(C)(C)OC1. The molecule has 0 N–H and O–H groups in total. The van der Waals surface area contributed by atoms with Crippen LogP contribution in [0.1, 0.15) is 26.7 Å². The van der Waals surface area contributed by atoms with Crippen molar-refractivity contribution < 1.29 is 14.3 Å². The maximum atomic E-state index is 10.5. The van der Waals surface area contributed by atoms with E-state index in [0.717, 1.165) is 11.9 Å². The van der Waals surface area contributed by atoms with Crippen molar-refractivity contribution in [2.75, 3.05) is 13.2 Å². The Labute approximate surface area is 97.1 Å². The molecule has 0 saturated carbocycles. The summed E-state index contributed by atoms with van der Waals surface area (Å²) in [6.07, 6.45) is 3.81. The molecule has 16 heavy (non-hydrogen) atoms. The first-order chi connectivity index (χ1) is 7.46. The standard InChI is InChI=1S/C13H20O3/c1-5-11(2)13(7-6-8-14)9-15-12(3,4)16-10-13/h5,8H,1-2,6-7,9-10H2,3-4H3. The Kier molecular flexibility index (Phi) is 4.05. The Morgan fingerprint density at radius 1 is 1.38 bits per heavy atom. The van der Waals surface area contributed by atoms with Crippen LogP contribution in [-0.4, -0.2) is 25.3 Å². The van der Waals surface area contributed by atoms with E-state index >= 15 is 0 Å². The Bertz CT molecular complexity index is 282. The minimum absolute atomic E-state index is 0.293. The van der Waals surface area contributed by atoms with E-state index in [0.29, 0.717) is 26.1 Å². The van der Waals surface area contributed by atoms with Gasteiger partial charge in [-0.3, -0.25) is 0 Å². The predicted octanol–water partition coefficient (Wildman–Crippen LogP) is 2.48. The van der Waals surface area contributed by atoms with Gasteiger partial charge in [-0.15, -0.1) is 0 Å². The summed E-state index contributed by atoms with van der Waals surface area (Å²) in [5.74, 6) is -0.549. The molecule has 1 fully saturated rings. The van der Waals surface area contributed by atoms with Crippen LogP contribution in [0.4, 0.5) is 0 Å². The molecule has 90 valence electrons. The normalized spacial score (nSPS) is 22.4. The van der Waals surface area contributed by atoms with Gasteiger partial charge >= 0.3 is 0 Å². The fourth-order valence-corrected chi connectivity index (χ4v) is 1.75. The lowest BCUT2D eigenvalue weighted by Crippen LogP contribution is -2.47. The quantitative estimate of drug-likeness (QED) is 0.531. The highest BCUT2D eigenvalue weighted by Gasteiger charge is 2.40. The van der Waals surface area contributed by atoms with Crippen molar-refractivity contribution in [2.24, 2.45) is 5.41 Å². The second kappa shape index (κ2) is 4.93. The molecular weight excluding hydrogens is 204 g/mol. The summed E-state index contributed by atoms with van der Waals surface area (Å²) >= 11 is 0. The van der Waals surface area contributed by atoms with E-state index in [-0.39, 0.29) is 5.41 Å². The third kappa shape index (κ3) is 2.80. The first-order valence-electron chi connectivity index (χ1n) is 5.49. The molecule has 1 heterocycles. The number of hydrogen-bond donors (Lipinski definition) is 0. The molecule has 0 amide bonds. The molecule has 0 radical (unpaired) electrons. The van der Waals surface area contributed by atoms with Gasteiger partial charge in [0.05, 0.1) is 13.2 Å². The van der Waals surface area contributed by atoms with Crippen LogP contribution >= 0.6 is 0 Å². The number of carbonyl (C=O) groups excluding carboxylic acids is 1. The molecule has 0 aromatic heterocycles. The van der Waals surface area contributed by atoms with Crippen LogP contribution in [0.3, 0.4) is 0 Å². The van der Waals surface area contributed by atoms with Crippen LogP contribution in [0.25, 0.3) is 0 Å². The molecule has 1 saturated heterocycles. The summed E-state index contributed by atoms with van der Waals surface area (Å²) in [5.41, 5.74) is 0.586.